The zero-order valence-corrected chi connectivity index (χ0v) is 24.9. The molecule has 0 aliphatic carbocycles. The van der Waals surface area contributed by atoms with E-state index in [0.29, 0.717) is 36.5 Å². The summed E-state index contributed by atoms with van der Waals surface area (Å²) in [4.78, 5) is 4.98. The number of sulfonamides is 1. The molecule has 0 saturated carbocycles. The van der Waals surface area contributed by atoms with E-state index >= 15 is 0 Å². The first-order chi connectivity index (χ1) is 19.1. The number of rotatable bonds is 10. The van der Waals surface area contributed by atoms with Gasteiger partial charge in [-0.25, -0.2) is 8.42 Å². The molecule has 5 rings (SSSR count). The van der Waals surface area contributed by atoms with E-state index in [0.717, 1.165) is 75.9 Å². The van der Waals surface area contributed by atoms with Crippen LogP contribution in [0.15, 0.2) is 23.1 Å². The fraction of sp³-hybridized carbons (Fsp3) is 0.679. The number of benzene rings is 1. The minimum atomic E-state index is -4.45. The average molecular weight is 600 g/mol. The molecule has 0 spiro atoms. The Balaban J connectivity index is 1.42. The molecule has 0 amide bonds. The van der Waals surface area contributed by atoms with E-state index in [4.69, 9.17) is 5.10 Å². The standard InChI is InChI=1S/C28H40F3N5O2S2/c1-40(37,38)35-17-10-25-23(21-35)27(32-36(25)16-7-15-33-11-3-2-4-12-33)22-8-9-24(28(29,30)31)26(20-22)39-19-18-34-13-5-6-14-34/h8-9,20H,2-7,10-19,21H2,1H3. The molecule has 4 heterocycles. The predicted molar refractivity (Wildman–Crippen MR) is 153 cm³/mol. The highest BCUT2D eigenvalue weighted by Gasteiger charge is 2.35. The van der Waals surface area contributed by atoms with Crippen LogP contribution in [0.4, 0.5) is 13.2 Å². The number of nitrogens with zero attached hydrogens (tertiary/aromatic N) is 5. The van der Waals surface area contributed by atoms with Crippen molar-refractivity contribution in [2.24, 2.45) is 0 Å². The second-order valence-electron chi connectivity index (χ2n) is 11.2. The van der Waals surface area contributed by atoms with Crippen LogP contribution < -0.4 is 0 Å². The minimum Gasteiger partial charge on any atom is -0.303 e. The predicted octanol–water partition coefficient (Wildman–Crippen LogP) is 4.95. The van der Waals surface area contributed by atoms with Gasteiger partial charge >= 0.3 is 6.18 Å². The molecule has 1 aromatic heterocycles. The van der Waals surface area contributed by atoms with Gasteiger partial charge in [0.05, 0.1) is 17.5 Å². The third-order valence-electron chi connectivity index (χ3n) is 8.29. The average Bonchev–Trinajstić information content (AvgIpc) is 3.56. The number of aryl methyl sites for hydroxylation is 1. The quantitative estimate of drug-likeness (QED) is 0.361. The Labute approximate surface area is 240 Å². The molecular weight excluding hydrogens is 559 g/mol. The molecule has 3 aliphatic rings. The van der Waals surface area contributed by atoms with E-state index < -0.39 is 21.8 Å². The number of thioether (sulfide) groups is 1. The Morgan fingerprint density at radius 1 is 0.925 bits per heavy atom. The van der Waals surface area contributed by atoms with Gasteiger partial charge in [-0.15, -0.1) is 11.8 Å². The molecule has 0 atom stereocenters. The maximum atomic E-state index is 13.9. The summed E-state index contributed by atoms with van der Waals surface area (Å²) in [5, 5.41) is 4.92. The Hall–Kier alpha value is -1.60. The summed E-state index contributed by atoms with van der Waals surface area (Å²) in [6.45, 7) is 7.27. The fourth-order valence-corrected chi connectivity index (χ4v) is 8.01. The molecule has 40 heavy (non-hydrogen) atoms. The van der Waals surface area contributed by atoms with E-state index in [9.17, 15) is 21.6 Å². The smallest absolute Gasteiger partial charge is 0.303 e. The summed E-state index contributed by atoms with van der Waals surface area (Å²) in [6.07, 6.45) is 4.25. The number of hydrogen-bond acceptors (Lipinski definition) is 6. The van der Waals surface area contributed by atoms with Gasteiger partial charge in [0.15, 0.2) is 0 Å². The van der Waals surface area contributed by atoms with Gasteiger partial charge in [-0.3, -0.25) is 4.68 Å². The third-order valence-corrected chi connectivity index (χ3v) is 10.6. The molecule has 0 radical (unpaired) electrons. The van der Waals surface area contributed by atoms with Crippen molar-refractivity contribution in [3.05, 3.63) is 35.0 Å². The van der Waals surface area contributed by atoms with Crippen LogP contribution in [0.5, 0.6) is 0 Å². The molecule has 222 valence electrons. The van der Waals surface area contributed by atoms with Crippen molar-refractivity contribution in [3.8, 4) is 11.3 Å². The van der Waals surface area contributed by atoms with Crippen molar-refractivity contribution in [3.63, 3.8) is 0 Å². The van der Waals surface area contributed by atoms with E-state index in [2.05, 4.69) is 9.80 Å². The van der Waals surface area contributed by atoms with Crippen LogP contribution in [0.25, 0.3) is 11.3 Å². The second-order valence-corrected chi connectivity index (χ2v) is 14.3. The normalized spacial score (nSPS) is 19.8. The summed E-state index contributed by atoms with van der Waals surface area (Å²) in [7, 11) is -3.41. The zero-order chi connectivity index (χ0) is 28.3. The lowest BCUT2D eigenvalue weighted by molar-refractivity contribution is -0.139. The van der Waals surface area contributed by atoms with Crippen LogP contribution in [0.3, 0.4) is 0 Å². The van der Waals surface area contributed by atoms with Gasteiger partial charge in [0.2, 0.25) is 10.0 Å². The number of hydrogen-bond donors (Lipinski definition) is 0. The van der Waals surface area contributed by atoms with Crippen molar-refractivity contribution in [2.45, 2.75) is 69.1 Å². The molecule has 0 bridgehead atoms. The van der Waals surface area contributed by atoms with Crippen LogP contribution in [0.2, 0.25) is 0 Å². The topological polar surface area (TPSA) is 61.7 Å². The molecule has 2 fully saturated rings. The number of piperidine rings is 1. The highest BCUT2D eigenvalue weighted by atomic mass is 32.2. The van der Waals surface area contributed by atoms with Gasteiger partial charge in [-0.1, -0.05) is 12.5 Å². The molecule has 0 N–H and O–H groups in total. The Morgan fingerprint density at radius 2 is 1.60 bits per heavy atom. The summed E-state index contributed by atoms with van der Waals surface area (Å²) in [5.41, 5.74) is 2.38. The molecule has 12 heteroatoms. The summed E-state index contributed by atoms with van der Waals surface area (Å²) < 4.78 is 70.0. The SMILES string of the molecule is CS(=O)(=O)N1CCc2c(c(-c3ccc(C(F)(F)F)c(SCCN4CCCC4)c3)nn2CCCN2CCCCC2)C1. The van der Waals surface area contributed by atoms with E-state index in [1.54, 1.807) is 6.07 Å². The molecule has 0 unspecified atom stereocenters. The maximum Gasteiger partial charge on any atom is 0.417 e. The fourth-order valence-electron chi connectivity index (χ4n) is 6.11. The largest absolute Gasteiger partial charge is 0.417 e. The first-order valence-electron chi connectivity index (χ1n) is 14.4. The lowest BCUT2D eigenvalue weighted by Crippen LogP contribution is -2.35. The lowest BCUT2D eigenvalue weighted by Gasteiger charge is -2.27. The first kappa shape index (κ1) is 29.9. The molecule has 7 nitrogen and oxygen atoms in total. The van der Waals surface area contributed by atoms with E-state index in [1.807, 2.05) is 4.68 Å². The molecule has 2 saturated heterocycles. The Morgan fingerprint density at radius 3 is 2.27 bits per heavy atom. The summed E-state index contributed by atoms with van der Waals surface area (Å²) >= 11 is 1.24. The molecular formula is C28H40F3N5O2S2. The van der Waals surface area contributed by atoms with Crippen LogP contribution >= 0.6 is 11.8 Å². The lowest BCUT2D eigenvalue weighted by atomic mass is 10.0. The number of fused-ring (bicyclic) bond motifs is 1. The van der Waals surface area contributed by atoms with Crippen LogP contribution in [-0.2, 0) is 35.7 Å². The number of aromatic nitrogens is 2. The molecule has 2 aromatic rings. The summed E-state index contributed by atoms with van der Waals surface area (Å²) in [5.74, 6) is 0.581. The van der Waals surface area contributed by atoms with Crippen LogP contribution in [0, 0.1) is 0 Å². The molecule has 3 aliphatic heterocycles. The first-order valence-corrected chi connectivity index (χ1v) is 17.3. The minimum absolute atomic E-state index is 0.189. The van der Waals surface area contributed by atoms with Crippen molar-refractivity contribution in [1.82, 2.24) is 23.9 Å². The Kier molecular flexibility index (Phi) is 9.51. The summed E-state index contributed by atoms with van der Waals surface area (Å²) in [6, 6.07) is 4.26. The van der Waals surface area contributed by atoms with E-state index in [-0.39, 0.29) is 11.4 Å². The van der Waals surface area contributed by atoms with Crippen LogP contribution in [-0.4, -0.2) is 90.1 Å². The number of alkyl halides is 3. The van der Waals surface area contributed by atoms with E-state index in [1.165, 1.54) is 47.7 Å². The van der Waals surface area contributed by atoms with Gasteiger partial charge in [-0.2, -0.15) is 22.6 Å². The second kappa shape index (κ2) is 12.7. The highest BCUT2D eigenvalue weighted by Crippen LogP contribution is 2.40. The van der Waals surface area contributed by atoms with Crippen molar-refractivity contribution in [2.75, 3.05) is 57.8 Å². The zero-order valence-electron chi connectivity index (χ0n) is 23.3. The van der Waals surface area contributed by atoms with Crippen molar-refractivity contribution < 1.29 is 21.6 Å². The third kappa shape index (κ3) is 7.24. The highest BCUT2D eigenvalue weighted by molar-refractivity contribution is 7.99. The van der Waals surface area contributed by atoms with Crippen molar-refractivity contribution >= 4 is 21.8 Å². The van der Waals surface area contributed by atoms with Crippen LogP contribution in [0.1, 0.15) is 55.3 Å². The van der Waals surface area contributed by atoms with Gasteiger partial charge in [0.1, 0.15) is 0 Å². The maximum absolute atomic E-state index is 13.9. The van der Waals surface area contributed by atoms with Gasteiger partial charge in [-0.05, 0) is 77.0 Å². The Bertz CT molecular complexity index is 1270. The monoisotopic (exact) mass is 599 g/mol. The number of halogens is 3. The van der Waals surface area contributed by atoms with Gasteiger partial charge in [0, 0.05) is 60.1 Å². The molecule has 1 aromatic carbocycles. The number of likely N-dealkylation sites (tertiary alicyclic amines) is 2. The van der Waals surface area contributed by atoms with Gasteiger partial charge in [0.25, 0.3) is 0 Å². The van der Waals surface area contributed by atoms with Crippen molar-refractivity contribution in [1.29, 1.82) is 0 Å². The van der Waals surface area contributed by atoms with Gasteiger partial charge < -0.3 is 9.80 Å².